The van der Waals surface area contributed by atoms with Gasteiger partial charge in [0.15, 0.2) is 11.7 Å². The van der Waals surface area contributed by atoms with Crippen molar-refractivity contribution in [3.05, 3.63) is 16.1 Å². The molecule has 0 aromatic carbocycles. The van der Waals surface area contributed by atoms with Crippen molar-refractivity contribution in [1.82, 2.24) is 20.5 Å². The van der Waals surface area contributed by atoms with Crippen LogP contribution < -0.4 is 10.6 Å². The molecule has 0 spiro atoms. The quantitative estimate of drug-likeness (QED) is 0.552. The highest BCUT2D eigenvalue weighted by molar-refractivity contribution is 7.09. The average Bonchev–Trinajstić information content (AvgIpc) is 3.10. The van der Waals surface area contributed by atoms with E-state index in [1.54, 1.807) is 7.05 Å². The summed E-state index contributed by atoms with van der Waals surface area (Å²) in [7, 11) is 1.66. The summed E-state index contributed by atoms with van der Waals surface area (Å²) in [5, 5.41) is 7.79. The lowest BCUT2D eigenvalue weighted by molar-refractivity contribution is -0.140. The lowest BCUT2D eigenvalue weighted by atomic mass is 10.0. The second-order valence-corrected chi connectivity index (χ2v) is 7.41. The van der Waals surface area contributed by atoms with Crippen LogP contribution in [0.5, 0.6) is 0 Å². The zero-order valence-corrected chi connectivity index (χ0v) is 16.2. The van der Waals surface area contributed by atoms with Crippen LogP contribution in [-0.2, 0) is 12.7 Å². The van der Waals surface area contributed by atoms with E-state index in [1.165, 1.54) is 25.7 Å². The van der Waals surface area contributed by atoms with Gasteiger partial charge in [-0.25, -0.2) is 4.98 Å². The van der Waals surface area contributed by atoms with Crippen molar-refractivity contribution >= 4 is 17.3 Å². The van der Waals surface area contributed by atoms with Gasteiger partial charge in [-0.15, -0.1) is 11.3 Å². The van der Waals surface area contributed by atoms with Gasteiger partial charge in [-0.2, -0.15) is 13.2 Å². The number of rotatable bonds is 7. The summed E-state index contributed by atoms with van der Waals surface area (Å²) in [4.78, 5) is 10.3. The molecule has 1 atom stereocenters. The van der Waals surface area contributed by atoms with Crippen molar-refractivity contribution in [3.8, 4) is 0 Å². The first kappa shape index (κ1) is 21.0. The molecule has 1 unspecified atom stereocenters. The molecule has 1 fully saturated rings. The molecule has 1 saturated heterocycles. The van der Waals surface area contributed by atoms with Crippen LogP contribution in [0, 0.1) is 0 Å². The first-order chi connectivity index (χ1) is 12.4. The number of aliphatic imine (C=N–C) groups is 1. The van der Waals surface area contributed by atoms with Crippen LogP contribution in [0.25, 0.3) is 0 Å². The first-order valence-electron chi connectivity index (χ1n) is 9.14. The van der Waals surface area contributed by atoms with Crippen molar-refractivity contribution in [2.45, 2.75) is 57.8 Å². The highest BCUT2D eigenvalue weighted by Gasteiger charge is 2.33. The number of aromatic nitrogens is 1. The van der Waals surface area contributed by atoms with Gasteiger partial charge in [0.05, 0.1) is 6.54 Å². The van der Waals surface area contributed by atoms with Crippen molar-refractivity contribution < 1.29 is 13.2 Å². The molecule has 2 rings (SSSR count). The molecule has 5 nitrogen and oxygen atoms in total. The number of unbranched alkanes of at least 4 members (excludes halogenated alkanes) is 1. The summed E-state index contributed by atoms with van der Waals surface area (Å²) in [5.41, 5.74) is -0.837. The average molecular weight is 392 g/mol. The highest BCUT2D eigenvalue weighted by Crippen LogP contribution is 2.29. The number of likely N-dealkylation sites (tertiary alicyclic amines) is 1. The molecule has 0 amide bonds. The van der Waals surface area contributed by atoms with E-state index in [9.17, 15) is 13.2 Å². The van der Waals surface area contributed by atoms with Crippen molar-refractivity contribution in [2.75, 3.05) is 26.7 Å². The van der Waals surface area contributed by atoms with Crippen LogP contribution in [0.15, 0.2) is 10.4 Å². The van der Waals surface area contributed by atoms with E-state index >= 15 is 0 Å². The fraction of sp³-hybridized carbons (Fsp3) is 0.765. The third-order valence-electron chi connectivity index (χ3n) is 4.53. The minimum Gasteiger partial charge on any atom is -0.355 e. The predicted octanol–water partition coefficient (Wildman–Crippen LogP) is 3.48. The molecule has 0 aliphatic carbocycles. The van der Waals surface area contributed by atoms with Gasteiger partial charge in [0.2, 0.25) is 0 Å². The highest BCUT2D eigenvalue weighted by atomic mass is 32.1. The molecule has 26 heavy (non-hydrogen) atoms. The number of halogens is 3. The normalized spacial score (nSPS) is 19.6. The minimum absolute atomic E-state index is 0.227. The molecule has 2 heterocycles. The number of nitrogens with one attached hydrogen (secondary N) is 2. The Bertz CT molecular complexity index is 573. The van der Waals surface area contributed by atoms with Gasteiger partial charge in [0, 0.05) is 25.0 Å². The summed E-state index contributed by atoms with van der Waals surface area (Å²) in [5.74, 6) is 0.592. The summed E-state index contributed by atoms with van der Waals surface area (Å²) >= 11 is 1.000. The minimum atomic E-state index is -4.39. The Hall–Kier alpha value is -1.35. The molecule has 0 radical (unpaired) electrons. The third kappa shape index (κ3) is 6.42. The number of nitrogens with zero attached hydrogens (tertiary/aromatic N) is 3. The van der Waals surface area contributed by atoms with Crippen LogP contribution in [0.4, 0.5) is 13.2 Å². The van der Waals surface area contributed by atoms with E-state index in [0.717, 1.165) is 42.8 Å². The number of piperidine rings is 1. The molecule has 9 heteroatoms. The predicted molar refractivity (Wildman–Crippen MR) is 99.4 cm³/mol. The Morgan fingerprint density at radius 1 is 1.38 bits per heavy atom. The smallest absolute Gasteiger partial charge is 0.355 e. The molecule has 1 aromatic rings. The lowest BCUT2D eigenvalue weighted by Crippen LogP contribution is -2.49. The first-order valence-corrected chi connectivity index (χ1v) is 10.0. The van der Waals surface area contributed by atoms with Crippen LogP contribution >= 0.6 is 11.3 Å². The van der Waals surface area contributed by atoms with Crippen LogP contribution in [0.1, 0.15) is 49.7 Å². The van der Waals surface area contributed by atoms with E-state index in [4.69, 9.17) is 0 Å². The summed E-state index contributed by atoms with van der Waals surface area (Å²) in [6, 6.07) is 0.477. The van der Waals surface area contributed by atoms with Gasteiger partial charge >= 0.3 is 6.18 Å². The molecule has 0 saturated carbocycles. The van der Waals surface area contributed by atoms with E-state index in [0.29, 0.717) is 17.0 Å². The molecule has 2 N–H and O–H groups in total. The number of thiazole rings is 1. The Morgan fingerprint density at radius 2 is 2.19 bits per heavy atom. The maximum atomic E-state index is 12.6. The van der Waals surface area contributed by atoms with Crippen LogP contribution in [-0.4, -0.2) is 48.6 Å². The van der Waals surface area contributed by atoms with Crippen LogP contribution in [0.3, 0.4) is 0 Å². The monoisotopic (exact) mass is 391 g/mol. The number of alkyl halides is 3. The zero-order valence-electron chi connectivity index (χ0n) is 15.4. The lowest BCUT2D eigenvalue weighted by Gasteiger charge is -2.36. The Balaban J connectivity index is 1.80. The Kier molecular flexibility index (Phi) is 8.15. The van der Waals surface area contributed by atoms with E-state index in [2.05, 4.69) is 32.4 Å². The van der Waals surface area contributed by atoms with Crippen molar-refractivity contribution in [1.29, 1.82) is 0 Å². The number of hydrogen-bond donors (Lipinski definition) is 2. The summed E-state index contributed by atoms with van der Waals surface area (Å²) < 4.78 is 37.8. The molecule has 0 bridgehead atoms. The third-order valence-corrected chi connectivity index (χ3v) is 5.37. The second-order valence-electron chi connectivity index (χ2n) is 6.47. The van der Waals surface area contributed by atoms with Gasteiger partial charge in [0.25, 0.3) is 0 Å². The summed E-state index contributed by atoms with van der Waals surface area (Å²) in [6.07, 6.45) is 1.65. The van der Waals surface area contributed by atoms with E-state index in [1.807, 2.05) is 0 Å². The van der Waals surface area contributed by atoms with Crippen LogP contribution in [0.2, 0.25) is 0 Å². The molecule has 1 aliphatic rings. The van der Waals surface area contributed by atoms with Gasteiger partial charge in [-0.3, -0.25) is 9.89 Å². The molecular formula is C17H28F3N5S. The Morgan fingerprint density at radius 3 is 2.85 bits per heavy atom. The topological polar surface area (TPSA) is 52.5 Å². The zero-order chi connectivity index (χ0) is 19.0. The standard InChI is InChI=1S/C17H28F3N5S/c1-3-4-8-25-9-6-5-7-13(25)10-22-16(21-2)23-11-15-24-14(12-26-15)17(18,19)20/h12-13H,3-11H2,1-2H3,(H2,21,22,23). The fourth-order valence-corrected chi connectivity index (χ4v) is 3.80. The second kappa shape index (κ2) is 10.1. The van der Waals surface area contributed by atoms with Gasteiger partial charge in [0.1, 0.15) is 5.01 Å². The maximum absolute atomic E-state index is 12.6. The SMILES string of the molecule is CCCCN1CCCCC1CNC(=NC)NCc1nc(C(F)(F)F)cs1. The molecule has 1 aliphatic heterocycles. The number of guanidine groups is 1. The molecule has 148 valence electrons. The fourth-order valence-electron chi connectivity index (χ4n) is 3.06. The maximum Gasteiger partial charge on any atom is 0.434 e. The van der Waals surface area contributed by atoms with Gasteiger partial charge in [-0.1, -0.05) is 19.8 Å². The number of hydrogen-bond acceptors (Lipinski definition) is 4. The van der Waals surface area contributed by atoms with Crippen molar-refractivity contribution in [2.24, 2.45) is 4.99 Å². The summed E-state index contributed by atoms with van der Waals surface area (Å²) in [6.45, 7) is 5.47. The largest absolute Gasteiger partial charge is 0.434 e. The van der Waals surface area contributed by atoms with Crippen molar-refractivity contribution in [3.63, 3.8) is 0 Å². The molecule has 1 aromatic heterocycles. The Labute approximate surface area is 157 Å². The van der Waals surface area contributed by atoms with Gasteiger partial charge < -0.3 is 10.6 Å². The molecular weight excluding hydrogens is 363 g/mol. The van der Waals surface area contributed by atoms with E-state index in [-0.39, 0.29) is 6.54 Å². The van der Waals surface area contributed by atoms with E-state index < -0.39 is 11.9 Å². The van der Waals surface area contributed by atoms with Gasteiger partial charge in [-0.05, 0) is 32.4 Å².